The number of imidazole rings is 1. The molecular formula is C26H26BrN3O3. The van der Waals surface area contributed by atoms with E-state index in [2.05, 4.69) is 25.5 Å². The van der Waals surface area contributed by atoms with Crippen molar-refractivity contribution in [2.24, 2.45) is 5.41 Å². The Kier molecular flexibility index (Phi) is 6.51. The average molecular weight is 508 g/mol. The van der Waals surface area contributed by atoms with Crippen LogP contribution in [0.4, 0.5) is 0 Å². The molecule has 2 aromatic carbocycles. The number of carbonyl (C=O) groups is 1. The van der Waals surface area contributed by atoms with Crippen molar-refractivity contribution in [3.63, 3.8) is 0 Å². The SMILES string of the molecule is Cc1cccc(COc2ccc3nc(CC(C)(C)C(=O)O)n(Cc4ccc(Br)cc4)c3c2)n1. The Bertz CT molecular complexity index is 1300. The third-order valence-corrected chi connectivity index (χ3v) is 6.09. The Morgan fingerprint density at radius 3 is 2.55 bits per heavy atom. The zero-order valence-electron chi connectivity index (χ0n) is 18.9. The summed E-state index contributed by atoms with van der Waals surface area (Å²) < 4.78 is 9.11. The number of aromatic nitrogens is 3. The lowest BCUT2D eigenvalue weighted by atomic mass is 9.89. The highest BCUT2D eigenvalue weighted by molar-refractivity contribution is 9.10. The Morgan fingerprint density at radius 2 is 1.85 bits per heavy atom. The molecule has 0 aliphatic carbocycles. The number of hydrogen-bond acceptors (Lipinski definition) is 4. The third kappa shape index (κ3) is 5.42. The maximum Gasteiger partial charge on any atom is 0.309 e. The fourth-order valence-corrected chi connectivity index (χ4v) is 3.90. The van der Waals surface area contributed by atoms with E-state index in [0.29, 0.717) is 25.3 Å². The molecule has 33 heavy (non-hydrogen) atoms. The van der Waals surface area contributed by atoms with E-state index in [1.54, 1.807) is 13.8 Å². The number of hydrogen-bond donors (Lipinski definition) is 1. The number of ether oxygens (including phenoxy) is 1. The second-order valence-electron chi connectivity index (χ2n) is 8.82. The molecule has 0 radical (unpaired) electrons. The van der Waals surface area contributed by atoms with Crippen LogP contribution >= 0.6 is 15.9 Å². The van der Waals surface area contributed by atoms with Crippen molar-refractivity contribution in [3.8, 4) is 5.75 Å². The third-order valence-electron chi connectivity index (χ3n) is 5.56. The van der Waals surface area contributed by atoms with Crippen LogP contribution in [0.15, 0.2) is 65.1 Å². The van der Waals surface area contributed by atoms with E-state index in [1.165, 1.54) is 0 Å². The van der Waals surface area contributed by atoms with Crippen molar-refractivity contribution in [1.82, 2.24) is 14.5 Å². The van der Waals surface area contributed by atoms with Crippen molar-refractivity contribution in [1.29, 1.82) is 0 Å². The van der Waals surface area contributed by atoms with Gasteiger partial charge >= 0.3 is 5.97 Å². The number of rotatable bonds is 8. The second-order valence-corrected chi connectivity index (χ2v) is 9.73. The molecule has 170 valence electrons. The first-order valence-corrected chi connectivity index (χ1v) is 11.5. The van der Waals surface area contributed by atoms with E-state index >= 15 is 0 Å². The van der Waals surface area contributed by atoms with E-state index in [-0.39, 0.29) is 0 Å². The Balaban J connectivity index is 1.70. The summed E-state index contributed by atoms with van der Waals surface area (Å²) >= 11 is 3.48. The lowest BCUT2D eigenvalue weighted by Crippen LogP contribution is -2.27. The van der Waals surface area contributed by atoms with Gasteiger partial charge in [0.05, 0.1) is 22.1 Å². The summed E-state index contributed by atoms with van der Waals surface area (Å²) in [5.74, 6) is 0.601. The average Bonchev–Trinajstić information content (AvgIpc) is 3.09. The number of aryl methyl sites for hydroxylation is 1. The van der Waals surface area contributed by atoms with Gasteiger partial charge in [-0.05, 0) is 62.7 Å². The van der Waals surface area contributed by atoms with Crippen LogP contribution in [-0.2, 0) is 24.4 Å². The van der Waals surface area contributed by atoms with Crippen molar-refractivity contribution in [2.75, 3.05) is 0 Å². The molecule has 0 saturated carbocycles. The van der Waals surface area contributed by atoms with Crippen molar-refractivity contribution >= 4 is 32.9 Å². The number of carboxylic acids is 1. The number of nitrogens with zero attached hydrogens (tertiary/aromatic N) is 3. The van der Waals surface area contributed by atoms with Crippen molar-refractivity contribution in [2.45, 2.75) is 40.3 Å². The first-order chi connectivity index (χ1) is 15.7. The minimum Gasteiger partial charge on any atom is -0.487 e. The van der Waals surface area contributed by atoms with Gasteiger partial charge in [0.15, 0.2) is 0 Å². The van der Waals surface area contributed by atoms with Gasteiger partial charge in [-0.2, -0.15) is 0 Å². The summed E-state index contributed by atoms with van der Waals surface area (Å²) in [4.78, 5) is 21.1. The van der Waals surface area contributed by atoms with Gasteiger partial charge in [0.25, 0.3) is 0 Å². The molecule has 2 aromatic heterocycles. The van der Waals surface area contributed by atoms with E-state index < -0.39 is 11.4 Å². The largest absolute Gasteiger partial charge is 0.487 e. The first-order valence-electron chi connectivity index (χ1n) is 10.7. The van der Waals surface area contributed by atoms with Crippen LogP contribution in [-0.4, -0.2) is 25.6 Å². The fourth-order valence-electron chi connectivity index (χ4n) is 3.63. The molecule has 6 nitrogen and oxygen atoms in total. The molecule has 0 aliphatic rings. The highest BCUT2D eigenvalue weighted by atomic mass is 79.9. The van der Waals surface area contributed by atoms with Crippen LogP contribution in [0.2, 0.25) is 0 Å². The quantitative estimate of drug-likeness (QED) is 0.326. The van der Waals surface area contributed by atoms with Crippen LogP contribution in [0.1, 0.15) is 36.6 Å². The molecule has 4 aromatic rings. The molecular weight excluding hydrogens is 482 g/mol. The molecule has 1 N–H and O–H groups in total. The van der Waals surface area contributed by atoms with Gasteiger partial charge in [0.1, 0.15) is 18.2 Å². The van der Waals surface area contributed by atoms with Gasteiger partial charge in [-0.3, -0.25) is 9.78 Å². The highest BCUT2D eigenvalue weighted by Crippen LogP contribution is 2.28. The van der Waals surface area contributed by atoms with Crippen LogP contribution in [0, 0.1) is 12.3 Å². The maximum atomic E-state index is 11.8. The van der Waals surface area contributed by atoms with Gasteiger partial charge < -0.3 is 14.4 Å². The Labute approximate surface area is 201 Å². The second kappa shape index (κ2) is 9.35. The fraction of sp³-hybridized carbons (Fsp3) is 0.269. The maximum absolute atomic E-state index is 11.8. The first kappa shape index (κ1) is 23.0. The Morgan fingerprint density at radius 1 is 1.09 bits per heavy atom. The number of benzene rings is 2. The number of aliphatic carboxylic acids is 1. The predicted octanol–water partition coefficient (Wildman–Crippen LogP) is 5.78. The highest BCUT2D eigenvalue weighted by Gasteiger charge is 2.30. The summed E-state index contributed by atoms with van der Waals surface area (Å²) in [5.41, 5.74) is 3.69. The number of pyridine rings is 1. The molecule has 0 atom stereocenters. The zero-order chi connectivity index (χ0) is 23.6. The van der Waals surface area contributed by atoms with Crippen LogP contribution < -0.4 is 4.74 Å². The molecule has 0 spiro atoms. The molecule has 0 saturated heterocycles. The monoisotopic (exact) mass is 507 g/mol. The molecule has 2 heterocycles. The van der Waals surface area contributed by atoms with Gasteiger partial charge in [0, 0.05) is 29.2 Å². The standard InChI is InChI=1S/C26H26BrN3O3/c1-17-5-4-6-20(28-17)16-33-21-11-12-22-23(13-21)30(15-18-7-9-19(27)10-8-18)24(29-22)14-26(2,3)25(31)32/h4-13H,14-16H2,1-3H3,(H,31,32). The normalized spacial score (nSPS) is 11.6. The van der Waals surface area contributed by atoms with Crippen molar-refractivity contribution < 1.29 is 14.6 Å². The number of fused-ring (bicyclic) bond motifs is 1. The minimum atomic E-state index is -0.936. The summed E-state index contributed by atoms with van der Waals surface area (Å²) in [6.45, 7) is 6.35. The molecule has 0 unspecified atom stereocenters. The van der Waals surface area contributed by atoms with Crippen molar-refractivity contribution in [3.05, 3.63) is 87.9 Å². The van der Waals surface area contributed by atoms with Gasteiger partial charge in [-0.15, -0.1) is 0 Å². The predicted molar refractivity (Wildman–Crippen MR) is 131 cm³/mol. The smallest absolute Gasteiger partial charge is 0.309 e. The van der Waals surface area contributed by atoms with Crippen LogP contribution in [0.3, 0.4) is 0 Å². The molecule has 7 heteroatoms. The van der Waals surface area contributed by atoms with E-state index in [1.807, 2.05) is 67.6 Å². The Hall–Kier alpha value is -3.19. The van der Waals surface area contributed by atoms with Gasteiger partial charge in [0.2, 0.25) is 0 Å². The summed E-state index contributed by atoms with van der Waals surface area (Å²) in [5, 5.41) is 9.66. The zero-order valence-corrected chi connectivity index (χ0v) is 20.5. The minimum absolute atomic E-state index is 0.316. The molecule has 0 bridgehead atoms. The topological polar surface area (TPSA) is 77.2 Å². The van der Waals surface area contributed by atoms with Gasteiger partial charge in [-0.1, -0.05) is 34.1 Å². The number of halogens is 1. The number of carboxylic acid groups (broad SMARTS) is 1. The van der Waals surface area contributed by atoms with Crippen LogP contribution in [0.5, 0.6) is 5.75 Å². The van der Waals surface area contributed by atoms with Crippen LogP contribution in [0.25, 0.3) is 11.0 Å². The van der Waals surface area contributed by atoms with Gasteiger partial charge in [-0.25, -0.2) is 4.98 Å². The van der Waals surface area contributed by atoms with E-state index in [0.717, 1.165) is 38.3 Å². The summed E-state index contributed by atoms with van der Waals surface area (Å²) in [6.07, 6.45) is 0.316. The summed E-state index contributed by atoms with van der Waals surface area (Å²) in [7, 11) is 0. The molecule has 4 rings (SSSR count). The molecule has 0 aliphatic heterocycles. The lowest BCUT2D eigenvalue weighted by Gasteiger charge is -2.19. The molecule has 0 fully saturated rings. The molecule has 0 amide bonds. The van der Waals surface area contributed by atoms with E-state index in [9.17, 15) is 9.90 Å². The summed E-state index contributed by atoms with van der Waals surface area (Å²) in [6, 6.07) is 19.7. The lowest BCUT2D eigenvalue weighted by molar-refractivity contribution is -0.146. The van der Waals surface area contributed by atoms with E-state index in [4.69, 9.17) is 9.72 Å².